The zero-order valence-corrected chi connectivity index (χ0v) is 15.2. The molecule has 5 nitrogen and oxygen atoms in total. The Hall–Kier alpha value is -3.54. The molecule has 6 heteroatoms. The number of carbonyl (C=O) groups is 1. The fraction of sp³-hybridized carbons (Fsp3) is 0.136. The summed E-state index contributed by atoms with van der Waals surface area (Å²) in [5, 5.41) is 5.75. The number of carbonyl (C=O) groups excluding carboxylic acids is 1. The van der Waals surface area contributed by atoms with E-state index in [0.29, 0.717) is 30.3 Å². The zero-order chi connectivity index (χ0) is 19.6. The highest BCUT2D eigenvalue weighted by atomic mass is 19.1. The minimum atomic E-state index is -0.349. The molecule has 0 aliphatic carbocycles. The lowest BCUT2D eigenvalue weighted by Crippen LogP contribution is -2.22. The summed E-state index contributed by atoms with van der Waals surface area (Å²) in [5.74, 6) is 0.830. The molecule has 3 rings (SSSR count). The third-order valence-corrected chi connectivity index (χ3v) is 3.81. The number of halogens is 1. The van der Waals surface area contributed by atoms with Gasteiger partial charge in [-0.3, -0.25) is 4.79 Å². The number of amides is 1. The average molecular weight is 380 g/mol. The van der Waals surface area contributed by atoms with Gasteiger partial charge in [0.05, 0.1) is 12.2 Å². The molecule has 0 saturated carbocycles. The van der Waals surface area contributed by atoms with Crippen molar-refractivity contribution in [1.82, 2.24) is 0 Å². The van der Waals surface area contributed by atoms with Crippen molar-refractivity contribution in [2.45, 2.75) is 0 Å². The second-order valence-corrected chi connectivity index (χ2v) is 5.91. The standard InChI is InChI=1S/C22H21FN2O3/c23-17-10-12-18(13-11-17)25-22(26)16-24-20-8-4-5-9-21(20)28-15-14-27-19-6-2-1-3-7-19/h1-13,24H,14-16H2,(H,25,26). The lowest BCUT2D eigenvalue weighted by atomic mass is 10.3. The van der Waals surface area contributed by atoms with Gasteiger partial charge in [-0.2, -0.15) is 0 Å². The van der Waals surface area contributed by atoms with Gasteiger partial charge in [-0.1, -0.05) is 30.3 Å². The molecule has 0 heterocycles. The fourth-order valence-corrected chi connectivity index (χ4v) is 2.48. The molecule has 0 aliphatic heterocycles. The summed E-state index contributed by atoms with van der Waals surface area (Å²) in [6.45, 7) is 0.830. The summed E-state index contributed by atoms with van der Waals surface area (Å²) >= 11 is 0. The molecule has 2 N–H and O–H groups in total. The Labute approximate surface area is 163 Å². The minimum absolute atomic E-state index is 0.0538. The smallest absolute Gasteiger partial charge is 0.243 e. The molecule has 0 fully saturated rings. The lowest BCUT2D eigenvalue weighted by Gasteiger charge is -2.13. The Morgan fingerprint density at radius 1 is 0.821 bits per heavy atom. The van der Waals surface area contributed by atoms with Crippen LogP contribution in [0.2, 0.25) is 0 Å². The Morgan fingerprint density at radius 3 is 2.29 bits per heavy atom. The van der Waals surface area contributed by atoms with Crippen molar-refractivity contribution in [2.75, 3.05) is 30.4 Å². The Kier molecular flexibility index (Phi) is 6.84. The van der Waals surface area contributed by atoms with E-state index in [0.717, 1.165) is 5.75 Å². The Morgan fingerprint density at radius 2 is 1.50 bits per heavy atom. The van der Waals surface area contributed by atoms with Crippen molar-refractivity contribution in [3.63, 3.8) is 0 Å². The molecule has 1 amide bonds. The number of para-hydroxylation sites is 3. The maximum Gasteiger partial charge on any atom is 0.243 e. The zero-order valence-electron chi connectivity index (χ0n) is 15.2. The van der Waals surface area contributed by atoms with Gasteiger partial charge >= 0.3 is 0 Å². The molecule has 0 aromatic heterocycles. The van der Waals surface area contributed by atoms with Crippen LogP contribution in [0.1, 0.15) is 0 Å². The van der Waals surface area contributed by atoms with Crippen molar-refractivity contribution in [3.8, 4) is 11.5 Å². The summed E-state index contributed by atoms with van der Waals surface area (Å²) in [5.41, 5.74) is 1.24. The van der Waals surface area contributed by atoms with E-state index in [9.17, 15) is 9.18 Å². The van der Waals surface area contributed by atoms with Crippen LogP contribution in [0.5, 0.6) is 11.5 Å². The average Bonchev–Trinajstić information content (AvgIpc) is 2.73. The number of rotatable bonds is 9. The molecule has 0 aliphatic rings. The number of anilines is 2. The van der Waals surface area contributed by atoms with E-state index in [1.165, 1.54) is 24.3 Å². The van der Waals surface area contributed by atoms with Gasteiger partial charge < -0.3 is 20.1 Å². The first-order chi connectivity index (χ1) is 13.7. The van der Waals surface area contributed by atoms with Crippen LogP contribution in [0.4, 0.5) is 15.8 Å². The molecule has 3 aromatic rings. The van der Waals surface area contributed by atoms with Gasteiger partial charge in [-0.05, 0) is 48.5 Å². The van der Waals surface area contributed by atoms with Crippen molar-refractivity contribution >= 4 is 17.3 Å². The molecule has 3 aromatic carbocycles. The van der Waals surface area contributed by atoms with Gasteiger partial charge in [-0.15, -0.1) is 0 Å². The predicted molar refractivity (Wildman–Crippen MR) is 107 cm³/mol. The second kappa shape index (κ2) is 9.97. The highest BCUT2D eigenvalue weighted by Crippen LogP contribution is 2.23. The Bertz CT molecular complexity index is 886. The number of benzene rings is 3. The van der Waals surface area contributed by atoms with Crippen LogP contribution in [0.25, 0.3) is 0 Å². The molecule has 0 bridgehead atoms. The van der Waals surface area contributed by atoms with E-state index < -0.39 is 0 Å². The first-order valence-corrected chi connectivity index (χ1v) is 8.90. The van der Waals surface area contributed by atoms with Crippen LogP contribution in [0, 0.1) is 5.82 Å². The van der Waals surface area contributed by atoms with E-state index in [2.05, 4.69) is 10.6 Å². The van der Waals surface area contributed by atoms with Gasteiger partial charge in [0, 0.05) is 5.69 Å². The van der Waals surface area contributed by atoms with E-state index in [4.69, 9.17) is 9.47 Å². The van der Waals surface area contributed by atoms with Gasteiger partial charge in [0.25, 0.3) is 0 Å². The van der Waals surface area contributed by atoms with Crippen molar-refractivity contribution in [3.05, 3.63) is 84.7 Å². The third kappa shape index (κ3) is 6.02. The number of hydrogen-bond donors (Lipinski definition) is 2. The molecular weight excluding hydrogens is 359 g/mol. The maximum atomic E-state index is 12.9. The topological polar surface area (TPSA) is 59.6 Å². The number of ether oxygens (including phenoxy) is 2. The highest BCUT2D eigenvalue weighted by Gasteiger charge is 2.06. The maximum absolute atomic E-state index is 12.9. The van der Waals surface area contributed by atoms with E-state index >= 15 is 0 Å². The fourth-order valence-electron chi connectivity index (χ4n) is 2.48. The van der Waals surface area contributed by atoms with Crippen LogP contribution >= 0.6 is 0 Å². The van der Waals surface area contributed by atoms with Crippen molar-refractivity contribution < 1.29 is 18.7 Å². The van der Waals surface area contributed by atoms with Crippen LogP contribution in [-0.4, -0.2) is 25.7 Å². The molecule has 144 valence electrons. The number of hydrogen-bond acceptors (Lipinski definition) is 4. The lowest BCUT2D eigenvalue weighted by molar-refractivity contribution is -0.114. The summed E-state index contributed by atoms with van der Waals surface area (Å²) in [6.07, 6.45) is 0. The van der Waals surface area contributed by atoms with Crippen LogP contribution in [0.15, 0.2) is 78.9 Å². The molecule has 0 saturated heterocycles. The second-order valence-electron chi connectivity index (χ2n) is 5.91. The molecule has 0 atom stereocenters. The van der Waals surface area contributed by atoms with Gasteiger partial charge in [-0.25, -0.2) is 4.39 Å². The minimum Gasteiger partial charge on any atom is -0.490 e. The van der Waals surface area contributed by atoms with Gasteiger partial charge in [0.15, 0.2) is 0 Å². The molecule has 0 spiro atoms. The Balaban J connectivity index is 1.46. The van der Waals surface area contributed by atoms with Crippen molar-refractivity contribution in [2.24, 2.45) is 0 Å². The molecular formula is C22H21FN2O3. The monoisotopic (exact) mass is 380 g/mol. The quantitative estimate of drug-likeness (QED) is 0.543. The summed E-state index contributed by atoms with van der Waals surface area (Å²) in [6, 6.07) is 22.5. The molecule has 0 unspecified atom stereocenters. The summed E-state index contributed by atoms with van der Waals surface area (Å²) < 4.78 is 24.3. The van der Waals surface area contributed by atoms with E-state index in [1.807, 2.05) is 54.6 Å². The van der Waals surface area contributed by atoms with Crippen molar-refractivity contribution in [1.29, 1.82) is 0 Å². The largest absolute Gasteiger partial charge is 0.490 e. The highest BCUT2D eigenvalue weighted by molar-refractivity contribution is 5.93. The third-order valence-electron chi connectivity index (χ3n) is 3.81. The van der Waals surface area contributed by atoms with Gasteiger partial charge in [0.1, 0.15) is 30.5 Å². The molecule has 28 heavy (non-hydrogen) atoms. The van der Waals surface area contributed by atoms with Gasteiger partial charge in [0.2, 0.25) is 5.91 Å². The molecule has 0 radical (unpaired) electrons. The van der Waals surface area contributed by atoms with Crippen LogP contribution in [0.3, 0.4) is 0 Å². The number of nitrogens with one attached hydrogen (secondary N) is 2. The van der Waals surface area contributed by atoms with E-state index in [1.54, 1.807) is 0 Å². The summed E-state index contributed by atoms with van der Waals surface area (Å²) in [4.78, 5) is 12.1. The predicted octanol–water partition coefficient (Wildman–Crippen LogP) is 4.33. The van der Waals surface area contributed by atoms with Crippen LogP contribution < -0.4 is 20.1 Å². The van der Waals surface area contributed by atoms with E-state index in [-0.39, 0.29) is 18.3 Å². The SMILES string of the molecule is O=C(CNc1ccccc1OCCOc1ccccc1)Nc1ccc(F)cc1. The first-order valence-electron chi connectivity index (χ1n) is 8.90. The normalized spacial score (nSPS) is 10.2. The summed E-state index contributed by atoms with van der Waals surface area (Å²) in [7, 11) is 0. The van der Waals surface area contributed by atoms with Crippen LogP contribution in [-0.2, 0) is 4.79 Å². The first kappa shape index (κ1) is 19.2.